The largest absolute Gasteiger partial charge is 0.497 e. The third-order valence-electron chi connectivity index (χ3n) is 4.84. The number of sulfonamides is 1. The van der Waals surface area contributed by atoms with E-state index in [0.29, 0.717) is 23.0 Å². The zero-order chi connectivity index (χ0) is 22.4. The lowest BCUT2D eigenvalue weighted by Gasteiger charge is -2.24. The Morgan fingerprint density at radius 1 is 0.935 bits per heavy atom. The molecule has 0 aliphatic heterocycles. The van der Waals surface area contributed by atoms with Crippen LogP contribution in [0.25, 0.3) is 0 Å². The van der Waals surface area contributed by atoms with Gasteiger partial charge in [0.1, 0.15) is 12.3 Å². The molecule has 3 aromatic carbocycles. The molecule has 0 aromatic heterocycles. The maximum Gasteiger partial charge on any atom is 0.264 e. The third kappa shape index (κ3) is 5.44. The van der Waals surface area contributed by atoms with E-state index >= 15 is 0 Å². The van der Waals surface area contributed by atoms with Crippen molar-refractivity contribution in [2.45, 2.75) is 24.7 Å². The zero-order valence-electron chi connectivity index (χ0n) is 17.8. The van der Waals surface area contributed by atoms with Gasteiger partial charge in [0.05, 0.1) is 17.7 Å². The van der Waals surface area contributed by atoms with Gasteiger partial charge in [-0.25, -0.2) is 8.42 Å². The number of nitrogens with zero attached hydrogens (tertiary/aromatic N) is 1. The Morgan fingerprint density at radius 3 is 2.10 bits per heavy atom. The molecule has 31 heavy (non-hydrogen) atoms. The molecule has 0 saturated heterocycles. The topological polar surface area (TPSA) is 75.7 Å². The Hall–Kier alpha value is -3.32. The predicted octanol–water partition coefficient (Wildman–Crippen LogP) is 4.65. The SMILES string of the molecule is COc1ccc(N(CC(=O)Nc2ccc(C(C)C)cc2)S(=O)(=O)c2ccccc2)cc1. The molecule has 0 spiro atoms. The van der Waals surface area contributed by atoms with Gasteiger partial charge in [-0.05, 0) is 60.0 Å². The van der Waals surface area contributed by atoms with Crippen LogP contribution in [0.5, 0.6) is 5.75 Å². The second-order valence-electron chi connectivity index (χ2n) is 7.35. The summed E-state index contributed by atoms with van der Waals surface area (Å²) in [6.07, 6.45) is 0. The summed E-state index contributed by atoms with van der Waals surface area (Å²) in [6, 6.07) is 22.1. The first-order chi connectivity index (χ1) is 14.8. The van der Waals surface area contributed by atoms with Crippen molar-refractivity contribution >= 4 is 27.3 Å². The Kier molecular flexibility index (Phi) is 6.97. The Balaban J connectivity index is 1.88. The van der Waals surface area contributed by atoms with Crippen molar-refractivity contribution < 1.29 is 17.9 Å². The lowest BCUT2D eigenvalue weighted by Crippen LogP contribution is -2.38. The van der Waals surface area contributed by atoms with Crippen LogP contribution in [-0.4, -0.2) is 28.0 Å². The summed E-state index contributed by atoms with van der Waals surface area (Å²) in [5.41, 5.74) is 2.14. The van der Waals surface area contributed by atoms with Crippen molar-refractivity contribution in [3.05, 3.63) is 84.4 Å². The molecule has 0 bridgehead atoms. The molecule has 6 nitrogen and oxygen atoms in total. The second-order valence-corrected chi connectivity index (χ2v) is 9.21. The average molecular weight is 439 g/mol. The number of methoxy groups -OCH3 is 1. The normalized spacial score (nSPS) is 11.2. The molecule has 3 aromatic rings. The van der Waals surface area contributed by atoms with Crippen LogP contribution in [-0.2, 0) is 14.8 Å². The van der Waals surface area contributed by atoms with E-state index in [4.69, 9.17) is 4.74 Å². The standard InChI is InChI=1S/C24H26N2O4S/c1-18(2)19-9-11-20(12-10-19)25-24(27)17-26(21-13-15-22(30-3)16-14-21)31(28,29)23-7-5-4-6-8-23/h4-16,18H,17H2,1-3H3,(H,25,27). The van der Waals surface area contributed by atoms with Gasteiger partial charge in [0.25, 0.3) is 10.0 Å². The third-order valence-corrected chi connectivity index (χ3v) is 6.63. The van der Waals surface area contributed by atoms with E-state index in [-0.39, 0.29) is 11.4 Å². The van der Waals surface area contributed by atoms with Crippen LogP contribution in [0.3, 0.4) is 0 Å². The minimum absolute atomic E-state index is 0.111. The first kappa shape index (κ1) is 22.4. The summed E-state index contributed by atoms with van der Waals surface area (Å²) in [5.74, 6) is 0.537. The molecule has 162 valence electrons. The second kappa shape index (κ2) is 9.66. The highest BCUT2D eigenvalue weighted by atomic mass is 32.2. The predicted molar refractivity (Wildman–Crippen MR) is 123 cm³/mol. The number of benzene rings is 3. The quantitative estimate of drug-likeness (QED) is 0.555. The van der Waals surface area contributed by atoms with Crippen molar-refractivity contribution in [2.24, 2.45) is 0 Å². The van der Waals surface area contributed by atoms with E-state index in [1.165, 1.54) is 19.2 Å². The van der Waals surface area contributed by atoms with E-state index in [1.807, 2.05) is 24.3 Å². The molecule has 1 N–H and O–H groups in total. The minimum Gasteiger partial charge on any atom is -0.497 e. The number of hydrogen-bond donors (Lipinski definition) is 1. The van der Waals surface area contributed by atoms with Crippen LogP contribution >= 0.6 is 0 Å². The fourth-order valence-electron chi connectivity index (χ4n) is 3.07. The first-order valence-electron chi connectivity index (χ1n) is 9.93. The van der Waals surface area contributed by atoms with E-state index in [1.54, 1.807) is 42.5 Å². The van der Waals surface area contributed by atoms with Crippen molar-refractivity contribution in [1.82, 2.24) is 0 Å². The first-order valence-corrected chi connectivity index (χ1v) is 11.4. The molecule has 0 aliphatic rings. The van der Waals surface area contributed by atoms with Gasteiger partial charge in [0.15, 0.2) is 0 Å². The molecule has 0 heterocycles. The number of ether oxygens (including phenoxy) is 1. The number of hydrogen-bond acceptors (Lipinski definition) is 4. The smallest absolute Gasteiger partial charge is 0.264 e. The van der Waals surface area contributed by atoms with Crippen LogP contribution in [0.1, 0.15) is 25.3 Å². The number of carbonyl (C=O) groups is 1. The summed E-state index contributed by atoms with van der Waals surface area (Å²) in [6.45, 7) is 3.82. The fourth-order valence-corrected chi connectivity index (χ4v) is 4.51. The van der Waals surface area contributed by atoms with Crippen LogP contribution in [0, 0.1) is 0 Å². The summed E-state index contributed by atoms with van der Waals surface area (Å²) < 4.78 is 32.9. The molecule has 0 fully saturated rings. The maximum absolute atomic E-state index is 13.3. The highest BCUT2D eigenvalue weighted by molar-refractivity contribution is 7.92. The van der Waals surface area contributed by atoms with Crippen LogP contribution < -0.4 is 14.4 Å². The van der Waals surface area contributed by atoms with Gasteiger partial charge in [-0.1, -0.05) is 44.2 Å². The average Bonchev–Trinajstić information content (AvgIpc) is 2.78. The fraction of sp³-hybridized carbons (Fsp3) is 0.208. The molecule has 0 aliphatic carbocycles. The lowest BCUT2D eigenvalue weighted by molar-refractivity contribution is -0.114. The summed E-state index contributed by atoms with van der Waals surface area (Å²) in [5, 5.41) is 2.78. The van der Waals surface area contributed by atoms with Gasteiger partial charge in [-0.3, -0.25) is 9.10 Å². The molecular weight excluding hydrogens is 412 g/mol. The van der Waals surface area contributed by atoms with Crippen LogP contribution in [0.15, 0.2) is 83.8 Å². The van der Waals surface area contributed by atoms with Crippen molar-refractivity contribution in [3.63, 3.8) is 0 Å². The van der Waals surface area contributed by atoms with Crippen LogP contribution in [0.2, 0.25) is 0 Å². The summed E-state index contributed by atoms with van der Waals surface area (Å²) in [4.78, 5) is 12.9. The lowest BCUT2D eigenvalue weighted by atomic mass is 10.0. The molecule has 7 heteroatoms. The van der Waals surface area contributed by atoms with Gasteiger partial charge in [0.2, 0.25) is 5.91 Å². The van der Waals surface area contributed by atoms with Gasteiger partial charge < -0.3 is 10.1 Å². The van der Waals surface area contributed by atoms with Crippen molar-refractivity contribution in [1.29, 1.82) is 0 Å². The van der Waals surface area contributed by atoms with Gasteiger partial charge in [-0.2, -0.15) is 0 Å². The van der Waals surface area contributed by atoms with Gasteiger partial charge >= 0.3 is 0 Å². The Morgan fingerprint density at radius 2 is 1.55 bits per heavy atom. The highest BCUT2D eigenvalue weighted by Crippen LogP contribution is 2.26. The van der Waals surface area contributed by atoms with Gasteiger partial charge in [-0.15, -0.1) is 0 Å². The number of rotatable bonds is 8. The molecule has 3 rings (SSSR count). The Bertz CT molecular complexity index is 1110. The number of carbonyl (C=O) groups excluding carboxylic acids is 1. The van der Waals surface area contributed by atoms with Crippen molar-refractivity contribution in [2.75, 3.05) is 23.3 Å². The molecular formula is C24H26N2O4S. The molecule has 0 saturated carbocycles. The molecule has 0 radical (unpaired) electrons. The van der Waals surface area contributed by atoms with E-state index in [0.717, 1.165) is 9.87 Å². The summed E-state index contributed by atoms with van der Waals surface area (Å²) in [7, 11) is -2.41. The minimum atomic E-state index is -3.95. The molecule has 0 unspecified atom stereocenters. The maximum atomic E-state index is 13.3. The monoisotopic (exact) mass is 438 g/mol. The van der Waals surface area contributed by atoms with E-state index < -0.39 is 15.9 Å². The van der Waals surface area contributed by atoms with Gasteiger partial charge in [0, 0.05) is 5.69 Å². The Labute approximate surface area is 183 Å². The van der Waals surface area contributed by atoms with E-state index in [9.17, 15) is 13.2 Å². The molecule has 1 amide bonds. The van der Waals surface area contributed by atoms with Crippen LogP contribution in [0.4, 0.5) is 11.4 Å². The number of anilines is 2. The van der Waals surface area contributed by atoms with E-state index in [2.05, 4.69) is 19.2 Å². The number of nitrogens with one attached hydrogen (secondary N) is 1. The van der Waals surface area contributed by atoms with Crippen molar-refractivity contribution in [3.8, 4) is 5.75 Å². The highest BCUT2D eigenvalue weighted by Gasteiger charge is 2.27. The zero-order valence-corrected chi connectivity index (χ0v) is 18.6. The molecule has 0 atom stereocenters. The summed E-state index contributed by atoms with van der Waals surface area (Å²) >= 11 is 0. The number of amides is 1.